The molecule has 0 aromatic carbocycles. The summed E-state index contributed by atoms with van der Waals surface area (Å²) in [5.74, 6) is -0.327. The molecule has 1 aliphatic rings. The van der Waals surface area contributed by atoms with Gasteiger partial charge in [-0.25, -0.2) is 14.8 Å². The molecule has 1 fully saturated rings. The van der Waals surface area contributed by atoms with Crippen LogP contribution in [0.1, 0.15) is 42.7 Å². The Hall–Kier alpha value is -1.65. The van der Waals surface area contributed by atoms with Gasteiger partial charge < -0.3 is 10.0 Å². The summed E-state index contributed by atoms with van der Waals surface area (Å²) in [6.45, 7) is 8.11. The summed E-state index contributed by atoms with van der Waals surface area (Å²) in [6, 6.07) is 0. The molecule has 2 rings (SSSR count). The first kappa shape index (κ1) is 12.8. The molecule has 0 radical (unpaired) electrons. The molecule has 1 N–H and O–H groups in total. The Kier molecular flexibility index (Phi) is 3.24. The number of hydrogen-bond donors (Lipinski definition) is 1. The molecular formula is C13H19N3O2. The summed E-state index contributed by atoms with van der Waals surface area (Å²) in [5, 5.41) is 8.94. The lowest BCUT2D eigenvalue weighted by molar-refractivity contribution is 0.0695. The van der Waals surface area contributed by atoms with Crippen LogP contribution in [0.3, 0.4) is 0 Å². The zero-order valence-corrected chi connectivity index (χ0v) is 11.1. The summed E-state index contributed by atoms with van der Waals surface area (Å²) in [6.07, 6.45) is 3.62. The fourth-order valence-electron chi connectivity index (χ4n) is 2.13. The summed E-state index contributed by atoms with van der Waals surface area (Å²) < 4.78 is 0. The van der Waals surface area contributed by atoms with Crippen LogP contribution in [0.5, 0.6) is 0 Å². The SMILES string of the molecule is Cc1nc(N2CCC(C)(C)CC2)ncc1C(=O)O. The minimum atomic E-state index is -0.973. The van der Waals surface area contributed by atoms with Gasteiger partial charge in [0, 0.05) is 19.3 Å². The number of carboxylic acids is 1. The van der Waals surface area contributed by atoms with Crippen molar-refractivity contribution in [3.05, 3.63) is 17.5 Å². The van der Waals surface area contributed by atoms with Crippen molar-refractivity contribution in [2.75, 3.05) is 18.0 Å². The quantitative estimate of drug-likeness (QED) is 0.869. The number of carboxylic acid groups (broad SMARTS) is 1. The van der Waals surface area contributed by atoms with Crippen molar-refractivity contribution in [1.82, 2.24) is 9.97 Å². The normalized spacial score (nSPS) is 18.7. The van der Waals surface area contributed by atoms with Crippen molar-refractivity contribution >= 4 is 11.9 Å². The van der Waals surface area contributed by atoms with E-state index in [4.69, 9.17) is 5.11 Å². The zero-order chi connectivity index (χ0) is 13.3. The van der Waals surface area contributed by atoms with Crippen LogP contribution < -0.4 is 4.90 Å². The summed E-state index contributed by atoms with van der Waals surface area (Å²) in [5.41, 5.74) is 1.08. The van der Waals surface area contributed by atoms with E-state index in [1.54, 1.807) is 6.92 Å². The molecule has 18 heavy (non-hydrogen) atoms. The van der Waals surface area contributed by atoms with Crippen molar-refractivity contribution in [2.45, 2.75) is 33.6 Å². The first-order valence-electron chi connectivity index (χ1n) is 6.21. The Morgan fingerprint density at radius 1 is 1.39 bits per heavy atom. The largest absolute Gasteiger partial charge is 0.478 e. The third-order valence-electron chi connectivity index (χ3n) is 3.60. The van der Waals surface area contributed by atoms with E-state index in [1.165, 1.54) is 6.20 Å². The predicted molar refractivity (Wildman–Crippen MR) is 69.0 cm³/mol. The molecular weight excluding hydrogens is 230 g/mol. The molecule has 0 saturated carbocycles. The minimum Gasteiger partial charge on any atom is -0.478 e. The van der Waals surface area contributed by atoms with Crippen LogP contribution in [0.15, 0.2) is 6.20 Å². The van der Waals surface area contributed by atoms with Gasteiger partial charge in [0.2, 0.25) is 5.95 Å². The third-order valence-corrected chi connectivity index (χ3v) is 3.60. The van der Waals surface area contributed by atoms with Gasteiger partial charge in [-0.15, -0.1) is 0 Å². The maximum atomic E-state index is 10.9. The molecule has 0 amide bonds. The maximum absolute atomic E-state index is 10.9. The van der Waals surface area contributed by atoms with Crippen molar-refractivity contribution in [2.24, 2.45) is 5.41 Å². The van der Waals surface area contributed by atoms with Crippen LogP contribution in [0.4, 0.5) is 5.95 Å². The molecule has 98 valence electrons. The number of anilines is 1. The highest BCUT2D eigenvalue weighted by Gasteiger charge is 2.26. The number of aryl methyl sites for hydroxylation is 1. The van der Waals surface area contributed by atoms with E-state index in [0.717, 1.165) is 25.9 Å². The molecule has 1 saturated heterocycles. The first-order valence-corrected chi connectivity index (χ1v) is 6.21. The highest BCUT2D eigenvalue weighted by atomic mass is 16.4. The van der Waals surface area contributed by atoms with Gasteiger partial charge in [0.15, 0.2) is 0 Å². The average Bonchev–Trinajstić information content (AvgIpc) is 2.28. The minimum absolute atomic E-state index is 0.177. The zero-order valence-electron chi connectivity index (χ0n) is 11.1. The van der Waals surface area contributed by atoms with Crippen molar-refractivity contribution < 1.29 is 9.90 Å². The lowest BCUT2D eigenvalue weighted by Crippen LogP contribution is -2.38. The van der Waals surface area contributed by atoms with Crippen LogP contribution in [-0.4, -0.2) is 34.1 Å². The van der Waals surface area contributed by atoms with Gasteiger partial charge in [-0.2, -0.15) is 0 Å². The Balaban J connectivity index is 2.16. The van der Waals surface area contributed by atoms with Crippen molar-refractivity contribution in [3.8, 4) is 0 Å². The molecule has 1 aromatic heterocycles. The smallest absolute Gasteiger partial charge is 0.339 e. The second-order valence-corrected chi connectivity index (χ2v) is 5.63. The molecule has 2 heterocycles. The van der Waals surface area contributed by atoms with Crippen LogP contribution in [0.2, 0.25) is 0 Å². The number of aromatic carboxylic acids is 1. The fourth-order valence-corrected chi connectivity index (χ4v) is 2.13. The number of piperidine rings is 1. The van der Waals surface area contributed by atoms with Gasteiger partial charge >= 0.3 is 5.97 Å². The maximum Gasteiger partial charge on any atom is 0.339 e. The van der Waals surface area contributed by atoms with Crippen LogP contribution >= 0.6 is 0 Å². The molecule has 1 aromatic rings. The summed E-state index contributed by atoms with van der Waals surface area (Å²) in [7, 11) is 0. The average molecular weight is 249 g/mol. The van der Waals surface area contributed by atoms with Gasteiger partial charge in [-0.1, -0.05) is 13.8 Å². The van der Waals surface area contributed by atoms with E-state index in [1.807, 2.05) is 0 Å². The van der Waals surface area contributed by atoms with E-state index >= 15 is 0 Å². The third kappa shape index (κ3) is 2.60. The van der Waals surface area contributed by atoms with Gasteiger partial charge in [0.05, 0.1) is 11.3 Å². The molecule has 5 heteroatoms. The number of nitrogens with zero attached hydrogens (tertiary/aromatic N) is 3. The van der Waals surface area contributed by atoms with E-state index in [-0.39, 0.29) is 5.56 Å². The van der Waals surface area contributed by atoms with Crippen molar-refractivity contribution in [3.63, 3.8) is 0 Å². The Morgan fingerprint density at radius 2 is 2.00 bits per heavy atom. The molecule has 5 nitrogen and oxygen atoms in total. The standard InChI is InChI=1S/C13H19N3O2/c1-9-10(11(17)18)8-14-12(15-9)16-6-4-13(2,3)5-7-16/h8H,4-7H2,1-3H3,(H,17,18). The molecule has 0 aliphatic carbocycles. The predicted octanol–water partition coefficient (Wildman–Crippen LogP) is 2.11. The lowest BCUT2D eigenvalue weighted by atomic mass is 9.83. The summed E-state index contributed by atoms with van der Waals surface area (Å²) >= 11 is 0. The molecule has 0 spiro atoms. The van der Waals surface area contributed by atoms with E-state index in [2.05, 4.69) is 28.7 Å². The molecule has 0 bridgehead atoms. The van der Waals surface area contributed by atoms with Crippen LogP contribution in [-0.2, 0) is 0 Å². The van der Waals surface area contributed by atoms with Gasteiger partial charge in [0.25, 0.3) is 0 Å². The van der Waals surface area contributed by atoms with E-state index in [9.17, 15) is 4.79 Å². The van der Waals surface area contributed by atoms with Crippen molar-refractivity contribution in [1.29, 1.82) is 0 Å². The highest BCUT2D eigenvalue weighted by Crippen LogP contribution is 2.31. The second-order valence-electron chi connectivity index (χ2n) is 5.63. The Morgan fingerprint density at radius 3 is 2.50 bits per heavy atom. The first-order chi connectivity index (χ1) is 8.39. The number of hydrogen-bond acceptors (Lipinski definition) is 4. The second kappa shape index (κ2) is 4.55. The fraction of sp³-hybridized carbons (Fsp3) is 0.615. The highest BCUT2D eigenvalue weighted by molar-refractivity contribution is 5.88. The van der Waals surface area contributed by atoms with Gasteiger partial charge in [-0.3, -0.25) is 0 Å². The lowest BCUT2D eigenvalue weighted by Gasteiger charge is -2.36. The molecule has 0 atom stereocenters. The topological polar surface area (TPSA) is 66.3 Å². The van der Waals surface area contributed by atoms with Crippen LogP contribution in [0, 0.1) is 12.3 Å². The van der Waals surface area contributed by atoms with E-state index in [0.29, 0.717) is 17.1 Å². The Bertz CT molecular complexity index is 461. The van der Waals surface area contributed by atoms with E-state index < -0.39 is 5.97 Å². The Labute approximate surface area is 107 Å². The summed E-state index contributed by atoms with van der Waals surface area (Å²) in [4.78, 5) is 21.5. The van der Waals surface area contributed by atoms with Gasteiger partial charge in [-0.05, 0) is 25.2 Å². The monoisotopic (exact) mass is 249 g/mol. The van der Waals surface area contributed by atoms with Gasteiger partial charge in [0.1, 0.15) is 0 Å². The number of carbonyl (C=O) groups is 1. The molecule has 0 unspecified atom stereocenters. The molecule has 1 aliphatic heterocycles. The number of aromatic nitrogens is 2. The number of rotatable bonds is 2. The van der Waals surface area contributed by atoms with Crippen LogP contribution in [0.25, 0.3) is 0 Å².